The van der Waals surface area contributed by atoms with Gasteiger partial charge in [-0.25, -0.2) is 9.97 Å². The predicted molar refractivity (Wildman–Crippen MR) is 96.7 cm³/mol. The molecule has 0 N–H and O–H groups in total. The molecule has 4 heterocycles. The van der Waals surface area contributed by atoms with Gasteiger partial charge in [-0.2, -0.15) is 0 Å². The highest BCUT2D eigenvalue weighted by atomic mass is 32.1. The Morgan fingerprint density at radius 3 is 2.68 bits per heavy atom. The molecule has 2 aliphatic rings. The first-order valence-electron chi connectivity index (χ1n) is 8.55. The van der Waals surface area contributed by atoms with Crippen LogP contribution in [0.4, 0.5) is 5.82 Å². The maximum Gasteiger partial charge on any atom is 0.245 e. The topological polar surface area (TPSA) is 69.6 Å². The molecule has 8 heteroatoms. The Labute approximate surface area is 150 Å². The molecular weight excluding hydrogens is 338 g/mol. The van der Waals surface area contributed by atoms with Crippen LogP contribution in [0.15, 0.2) is 12.4 Å². The minimum Gasteiger partial charge on any atom is -0.352 e. The number of amides is 2. The number of likely N-dealkylation sites (N-methyl/N-ethyl adjacent to an activating group) is 1. The van der Waals surface area contributed by atoms with Crippen LogP contribution >= 0.6 is 11.3 Å². The average molecular weight is 359 g/mol. The van der Waals surface area contributed by atoms with E-state index in [1.54, 1.807) is 29.6 Å². The van der Waals surface area contributed by atoms with E-state index in [0.29, 0.717) is 25.9 Å². The summed E-state index contributed by atoms with van der Waals surface area (Å²) in [6.45, 7) is 4.89. The van der Waals surface area contributed by atoms with Crippen LogP contribution in [0.3, 0.4) is 0 Å². The standard InChI is InChI=1S/C17H21N5O2S/c1-11-9-12-15(18-10-19-16(12)25-11)21-5-7-22(8-6-21)17(24)13-3-4-14(23)20(13)2/h9-10,13H,3-8H2,1-2H3. The van der Waals surface area contributed by atoms with Crippen molar-refractivity contribution < 1.29 is 9.59 Å². The molecule has 2 aliphatic heterocycles. The molecule has 132 valence electrons. The van der Waals surface area contributed by atoms with E-state index in [0.717, 1.165) is 29.1 Å². The average Bonchev–Trinajstić information content (AvgIpc) is 3.16. The van der Waals surface area contributed by atoms with Crippen LogP contribution < -0.4 is 4.90 Å². The number of nitrogens with zero attached hydrogens (tertiary/aromatic N) is 5. The first-order valence-corrected chi connectivity index (χ1v) is 9.37. The molecule has 2 saturated heterocycles. The Bertz CT molecular complexity index is 828. The fraction of sp³-hybridized carbons (Fsp3) is 0.529. The molecule has 1 atom stereocenters. The molecule has 4 rings (SSSR count). The fourth-order valence-electron chi connectivity index (χ4n) is 3.66. The van der Waals surface area contributed by atoms with Gasteiger partial charge in [0.25, 0.3) is 0 Å². The van der Waals surface area contributed by atoms with Crippen LogP contribution in [0.25, 0.3) is 10.2 Å². The number of likely N-dealkylation sites (tertiary alicyclic amines) is 1. The van der Waals surface area contributed by atoms with Crippen LogP contribution in [0.2, 0.25) is 0 Å². The molecule has 0 bridgehead atoms. The summed E-state index contributed by atoms with van der Waals surface area (Å²) in [5.41, 5.74) is 0. The van der Waals surface area contributed by atoms with Crippen molar-refractivity contribution in [2.45, 2.75) is 25.8 Å². The summed E-state index contributed by atoms with van der Waals surface area (Å²) < 4.78 is 0. The zero-order chi connectivity index (χ0) is 17.6. The lowest BCUT2D eigenvalue weighted by molar-refractivity contribution is -0.140. The highest BCUT2D eigenvalue weighted by molar-refractivity contribution is 7.18. The molecule has 0 aromatic carbocycles. The highest BCUT2D eigenvalue weighted by Gasteiger charge is 2.36. The lowest BCUT2D eigenvalue weighted by atomic mass is 10.1. The molecule has 2 aromatic rings. The summed E-state index contributed by atoms with van der Waals surface area (Å²) in [4.78, 5) is 41.1. The summed E-state index contributed by atoms with van der Waals surface area (Å²) in [6.07, 6.45) is 2.72. The van der Waals surface area contributed by atoms with E-state index in [-0.39, 0.29) is 17.9 Å². The van der Waals surface area contributed by atoms with Gasteiger partial charge < -0.3 is 14.7 Å². The Morgan fingerprint density at radius 1 is 1.24 bits per heavy atom. The number of rotatable bonds is 2. The quantitative estimate of drug-likeness (QED) is 0.808. The summed E-state index contributed by atoms with van der Waals surface area (Å²) in [7, 11) is 1.73. The van der Waals surface area contributed by atoms with E-state index in [1.165, 1.54) is 4.88 Å². The van der Waals surface area contributed by atoms with Crippen molar-refractivity contribution in [3.63, 3.8) is 0 Å². The van der Waals surface area contributed by atoms with Crippen LogP contribution in [0, 0.1) is 6.92 Å². The molecular formula is C17H21N5O2S. The van der Waals surface area contributed by atoms with Gasteiger partial charge in [-0.05, 0) is 19.4 Å². The molecule has 25 heavy (non-hydrogen) atoms. The first kappa shape index (κ1) is 16.3. The van der Waals surface area contributed by atoms with Crippen molar-refractivity contribution in [1.82, 2.24) is 19.8 Å². The first-order chi connectivity index (χ1) is 12.0. The Balaban J connectivity index is 1.46. The third kappa shape index (κ3) is 2.84. The van der Waals surface area contributed by atoms with Gasteiger partial charge in [0.1, 0.15) is 23.0 Å². The monoisotopic (exact) mass is 359 g/mol. The number of aromatic nitrogens is 2. The van der Waals surface area contributed by atoms with E-state index >= 15 is 0 Å². The lowest BCUT2D eigenvalue weighted by Gasteiger charge is -2.37. The summed E-state index contributed by atoms with van der Waals surface area (Å²) in [5, 5.41) is 1.09. The van der Waals surface area contributed by atoms with Crippen molar-refractivity contribution >= 4 is 39.2 Å². The number of aryl methyl sites for hydroxylation is 1. The van der Waals surface area contributed by atoms with Gasteiger partial charge in [0.2, 0.25) is 11.8 Å². The van der Waals surface area contributed by atoms with E-state index in [9.17, 15) is 9.59 Å². The molecule has 0 saturated carbocycles. The van der Waals surface area contributed by atoms with Gasteiger partial charge in [0.15, 0.2) is 0 Å². The second-order valence-electron chi connectivity index (χ2n) is 6.64. The normalized spacial score (nSPS) is 21.4. The molecule has 2 fully saturated rings. The molecule has 2 aromatic heterocycles. The minimum absolute atomic E-state index is 0.0631. The highest BCUT2D eigenvalue weighted by Crippen LogP contribution is 2.30. The van der Waals surface area contributed by atoms with Gasteiger partial charge in [-0.15, -0.1) is 11.3 Å². The number of piperazine rings is 1. The van der Waals surface area contributed by atoms with Crippen LogP contribution in [-0.4, -0.2) is 70.9 Å². The van der Waals surface area contributed by atoms with E-state index in [2.05, 4.69) is 27.9 Å². The maximum atomic E-state index is 12.7. The van der Waals surface area contributed by atoms with Crippen molar-refractivity contribution in [3.8, 4) is 0 Å². The number of hydrogen-bond acceptors (Lipinski definition) is 6. The van der Waals surface area contributed by atoms with Gasteiger partial charge >= 0.3 is 0 Å². The van der Waals surface area contributed by atoms with Crippen molar-refractivity contribution in [2.75, 3.05) is 38.1 Å². The SMILES string of the molecule is Cc1cc2c(N3CCN(C(=O)C4CCC(=O)N4C)CC3)ncnc2s1. The smallest absolute Gasteiger partial charge is 0.245 e. The molecule has 0 radical (unpaired) electrons. The third-order valence-corrected chi connectivity index (χ3v) is 6.06. The van der Waals surface area contributed by atoms with Crippen LogP contribution in [0.5, 0.6) is 0 Å². The van der Waals surface area contributed by atoms with Gasteiger partial charge in [0.05, 0.1) is 5.39 Å². The number of carbonyl (C=O) groups is 2. The second kappa shape index (κ2) is 6.25. The van der Waals surface area contributed by atoms with Crippen molar-refractivity contribution in [3.05, 3.63) is 17.3 Å². The van der Waals surface area contributed by atoms with E-state index in [1.807, 2.05) is 4.90 Å². The van der Waals surface area contributed by atoms with Crippen molar-refractivity contribution in [2.24, 2.45) is 0 Å². The number of anilines is 1. The van der Waals surface area contributed by atoms with Crippen LogP contribution in [-0.2, 0) is 9.59 Å². The summed E-state index contributed by atoms with van der Waals surface area (Å²) in [6, 6.07) is 1.84. The Hall–Kier alpha value is -2.22. The predicted octanol–water partition coefficient (Wildman–Crippen LogP) is 1.27. The summed E-state index contributed by atoms with van der Waals surface area (Å²) >= 11 is 1.67. The zero-order valence-electron chi connectivity index (χ0n) is 14.4. The molecule has 2 amide bonds. The van der Waals surface area contributed by atoms with Crippen LogP contribution in [0.1, 0.15) is 17.7 Å². The van der Waals surface area contributed by atoms with E-state index in [4.69, 9.17) is 0 Å². The molecule has 0 spiro atoms. The minimum atomic E-state index is -0.288. The number of hydrogen-bond donors (Lipinski definition) is 0. The largest absolute Gasteiger partial charge is 0.352 e. The summed E-state index contributed by atoms with van der Waals surface area (Å²) in [5.74, 6) is 1.09. The molecule has 7 nitrogen and oxygen atoms in total. The van der Waals surface area contributed by atoms with Crippen molar-refractivity contribution in [1.29, 1.82) is 0 Å². The Morgan fingerprint density at radius 2 is 2.00 bits per heavy atom. The van der Waals surface area contributed by atoms with Gasteiger partial charge in [-0.1, -0.05) is 0 Å². The lowest BCUT2D eigenvalue weighted by Crippen LogP contribution is -2.53. The van der Waals surface area contributed by atoms with Gasteiger partial charge in [-0.3, -0.25) is 9.59 Å². The second-order valence-corrected chi connectivity index (χ2v) is 7.88. The number of carbonyl (C=O) groups excluding carboxylic acids is 2. The Kier molecular flexibility index (Phi) is 4.07. The number of thiophene rings is 1. The fourth-order valence-corrected chi connectivity index (χ4v) is 4.50. The third-order valence-electron chi connectivity index (χ3n) is 5.10. The maximum absolute atomic E-state index is 12.7. The van der Waals surface area contributed by atoms with Gasteiger partial charge in [0, 0.05) is 44.5 Å². The molecule has 0 aliphatic carbocycles. The molecule has 1 unspecified atom stereocenters. The van der Waals surface area contributed by atoms with E-state index < -0.39 is 0 Å². The number of fused-ring (bicyclic) bond motifs is 1. The zero-order valence-corrected chi connectivity index (χ0v) is 15.3.